The molecule has 0 bridgehead atoms. The number of hydrogen-bond donors (Lipinski definition) is 1. The predicted molar refractivity (Wildman–Crippen MR) is 147 cm³/mol. The van der Waals surface area contributed by atoms with Crippen molar-refractivity contribution >= 4 is 0 Å². The van der Waals surface area contributed by atoms with Gasteiger partial charge in [-0.05, 0) is 61.6 Å². The molecule has 2 heterocycles. The average Bonchev–Trinajstić information content (AvgIpc) is 2.87. The zero-order chi connectivity index (χ0) is 28.3. The van der Waals surface area contributed by atoms with Gasteiger partial charge in [0, 0.05) is 29.9 Å². The van der Waals surface area contributed by atoms with Crippen molar-refractivity contribution in [3.05, 3.63) is 111 Å². The number of aromatic nitrogens is 3. The van der Waals surface area contributed by atoms with Crippen LogP contribution in [0, 0.1) is 24.5 Å². The lowest BCUT2D eigenvalue weighted by atomic mass is 9.94. The molecule has 0 aliphatic carbocycles. The van der Waals surface area contributed by atoms with Crippen LogP contribution >= 0.6 is 0 Å². The third-order valence-corrected chi connectivity index (χ3v) is 6.60. The Morgan fingerprint density at radius 3 is 2.26 bits per heavy atom. The van der Waals surface area contributed by atoms with Gasteiger partial charge in [0.15, 0.2) is 0 Å². The molecule has 0 aliphatic heterocycles. The number of nitrogens with zero attached hydrogens (tertiary/aromatic N) is 3. The number of rotatable bonds is 9. The van der Waals surface area contributed by atoms with Crippen molar-refractivity contribution in [3.8, 4) is 17.0 Å². The van der Waals surface area contributed by atoms with Gasteiger partial charge < -0.3 is 9.84 Å². The highest BCUT2D eigenvalue weighted by atomic mass is 19.1. The minimum Gasteiger partial charge on any atom is -0.494 e. The van der Waals surface area contributed by atoms with E-state index in [1.54, 1.807) is 6.20 Å². The van der Waals surface area contributed by atoms with Crippen molar-refractivity contribution in [2.45, 2.75) is 59.8 Å². The van der Waals surface area contributed by atoms with E-state index >= 15 is 0 Å². The third-order valence-electron chi connectivity index (χ3n) is 6.60. The lowest BCUT2D eigenvalue weighted by Gasteiger charge is -2.29. The maximum absolute atomic E-state index is 14.2. The molecule has 0 fully saturated rings. The maximum Gasteiger partial charge on any atom is 0.280 e. The van der Waals surface area contributed by atoms with Gasteiger partial charge in [0.05, 0.1) is 17.7 Å². The van der Waals surface area contributed by atoms with Crippen molar-refractivity contribution in [2.24, 2.45) is 5.92 Å². The third kappa shape index (κ3) is 6.40. The van der Waals surface area contributed by atoms with Crippen LogP contribution in [0.3, 0.4) is 0 Å². The molecular formula is C31H33F2N3O3. The lowest BCUT2D eigenvalue weighted by Crippen LogP contribution is -2.29. The zero-order valence-corrected chi connectivity index (χ0v) is 22.8. The number of hydrogen-bond acceptors (Lipinski definition) is 5. The number of pyridine rings is 1. The van der Waals surface area contributed by atoms with Crippen molar-refractivity contribution < 1.29 is 18.6 Å². The van der Waals surface area contributed by atoms with Gasteiger partial charge in [-0.2, -0.15) is 4.98 Å². The van der Waals surface area contributed by atoms with Crippen LogP contribution in [0.15, 0.2) is 65.6 Å². The average molecular weight is 534 g/mol. The first-order valence-corrected chi connectivity index (χ1v) is 13.0. The van der Waals surface area contributed by atoms with E-state index in [1.807, 2.05) is 71.0 Å². The molecule has 0 saturated carbocycles. The molecule has 0 amide bonds. The summed E-state index contributed by atoms with van der Waals surface area (Å²) < 4.78 is 35.7. The van der Waals surface area contributed by atoms with Gasteiger partial charge in [0.1, 0.15) is 24.1 Å². The van der Waals surface area contributed by atoms with E-state index in [2.05, 4.69) is 9.97 Å². The Bertz CT molecular complexity index is 1490. The topological polar surface area (TPSA) is 77.2 Å². The molecule has 6 nitrogen and oxygen atoms in total. The molecule has 2 aromatic heterocycles. The molecule has 0 radical (unpaired) electrons. The van der Waals surface area contributed by atoms with E-state index in [9.17, 15) is 18.7 Å². The highest BCUT2D eigenvalue weighted by Gasteiger charge is 2.27. The van der Waals surface area contributed by atoms with Crippen LogP contribution in [-0.2, 0) is 17.8 Å². The smallest absolute Gasteiger partial charge is 0.280 e. The van der Waals surface area contributed by atoms with Crippen LogP contribution in [0.4, 0.5) is 8.78 Å². The highest BCUT2D eigenvalue weighted by molar-refractivity contribution is 5.65. The predicted octanol–water partition coefficient (Wildman–Crippen LogP) is 6.36. The molecule has 1 N–H and O–H groups in total. The van der Waals surface area contributed by atoms with Gasteiger partial charge in [-0.3, -0.25) is 14.3 Å². The first-order chi connectivity index (χ1) is 18.5. The summed E-state index contributed by atoms with van der Waals surface area (Å²) in [5, 5.41) is 11.5. The highest BCUT2D eigenvalue weighted by Crippen LogP contribution is 2.34. The van der Waals surface area contributed by atoms with Gasteiger partial charge in [0.2, 0.25) is 5.88 Å². The fraction of sp³-hybridized carbons (Fsp3) is 0.323. The van der Waals surface area contributed by atoms with E-state index < -0.39 is 23.2 Å². The van der Waals surface area contributed by atoms with Crippen LogP contribution in [-0.4, -0.2) is 25.7 Å². The van der Waals surface area contributed by atoms with Gasteiger partial charge in [-0.25, -0.2) is 8.78 Å². The van der Waals surface area contributed by atoms with E-state index in [4.69, 9.17) is 4.74 Å². The van der Waals surface area contributed by atoms with E-state index in [0.29, 0.717) is 5.56 Å². The fourth-order valence-electron chi connectivity index (χ4n) is 4.77. The Hall–Kier alpha value is -3.91. The largest absolute Gasteiger partial charge is 0.494 e. The molecule has 39 heavy (non-hydrogen) atoms. The van der Waals surface area contributed by atoms with Gasteiger partial charge in [-0.15, -0.1) is 0 Å². The monoisotopic (exact) mass is 533 g/mol. The quantitative estimate of drug-likeness (QED) is 0.271. The van der Waals surface area contributed by atoms with E-state index in [1.165, 1.54) is 16.7 Å². The lowest BCUT2D eigenvalue weighted by molar-refractivity contribution is 0.0567. The van der Waals surface area contributed by atoms with Crippen LogP contribution in [0.2, 0.25) is 0 Å². The Balaban J connectivity index is 1.80. The number of ether oxygens (including phenoxy) is 1. The first-order valence-electron chi connectivity index (χ1n) is 13.0. The standard InChI is InChI=1S/C31H33F2N3O3/c1-18(2)29(23-14-24(32)16-25(33)15-23)36-28(17-39-19(3)4)35-30(37)27(31(36)38)13-21-8-10-22(11-9-21)26-7-6-12-34-20(26)5/h6-12,14-16,18-19,29,38H,13,17H2,1-5H3. The summed E-state index contributed by atoms with van der Waals surface area (Å²) >= 11 is 0. The fourth-order valence-corrected chi connectivity index (χ4v) is 4.77. The van der Waals surface area contributed by atoms with Crippen molar-refractivity contribution in [1.29, 1.82) is 0 Å². The number of aryl methyl sites for hydroxylation is 1. The summed E-state index contributed by atoms with van der Waals surface area (Å²) in [6.45, 7) is 9.31. The molecule has 0 aliphatic rings. The number of aromatic hydroxyl groups is 1. The van der Waals surface area contributed by atoms with Crippen LogP contribution in [0.1, 0.15) is 61.9 Å². The maximum atomic E-state index is 14.2. The molecule has 204 valence electrons. The van der Waals surface area contributed by atoms with E-state index in [-0.39, 0.29) is 42.3 Å². The molecule has 0 saturated heterocycles. The van der Waals surface area contributed by atoms with Gasteiger partial charge in [-0.1, -0.05) is 44.2 Å². The molecule has 1 unspecified atom stereocenters. The molecule has 4 aromatic rings. The van der Waals surface area contributed by atoms with Crippen molar-refractivity contribution in [1.82, 2.24) is 14.5 Å². The Morgan fingerprint density at radius 2 is 1.67 bits per heavy atom. The molecule has 2 aromatic carbocycles. The Labute approximate surface area is 227 Å². The summed E-state index contributed by atoms with van der Waals surface area (Å²) in [5.74, 6) is -1.79. The van der Waals surface area contributed by atoms with Gasteiger partial charge in [0.25, 0.3) is 5.56 Å². The second kappa shape index (κ2) is 11.9. The molecular weight excluding hydrogens is 500 g/mol. The molecule has 1 atom stereocenters. The van der Waals surface area contributed by atoms with E-state index in [0.717, 1.165) is 28.5 Å². The summed E-state index contributed by atoms with van der Waals surface area (Å²) in [4.78, 5) is 21.8. The Morgan fingerprint density at radius 1 is 1.00 bits per heavy atom. The van der Waals surface area contributed by atoms with Crippen LogP contribution < -0.4 is 5.56 Å². The number of halogens is 2. The van der Waals surface area contributed by atoms with Gasteiger partial charge >= 0.3 is 0 Å². The molecule has 0 spiro atoms. The summed E-state index contributed by atoms with van der Waals surface area (Å²) in [5.41, 5.74) is 3.53. The van der Waals surface area contributed by atoms with Crippen molar-refractivity contribution in [2.75, 3.05) is 0 Å². The minimum atomic E-state index is -0.728. The summed E-state index contributed by atoms with van der Waals surface area (Å²) in [6.07, 6.45) is 1.70. The normalized spacial score (nSPS) is 12.3. The van der Waals surface area contributed by atoms with Crippen LogP contribution in [0.5, 0.6) is 5.88 Å². The second-order valence-corrected chi connectivity index (χ2v) is 10.3. The molecule has 8 heteroatoms. The Kier molecular flexibility index (Phi) is 8.55. The SMILES string of the molecule is Cc1ncccc1-c1ccc(Cc2c(O)n(C(c3cc(F)cc(F)c3)C(C)C)c(COC(C)C)nc2=O)cc1. The summed E-state index contributed by atoms with van der Waals surface area (Å²) in [6, 6.07) is 14.1. The zero-order valence-electron chi connectivity index (χ0n) is 22.8. The number of benzene rings is 2. The van der Waals surface area contributed by atoms with Crippen LogP contribution in [0.25, 0.3) is 11.1 Å². The minimum absolute atomic E-state index is 0.0546. The van der Waals surface area contributed by atoms with Crippen molar-refractivity contribution in [3.63, 3.8) is 0 Å². The molecule has 4 rings (SSSR count). The first kappa shape index (κ1) is 28.1. The summed E-state index contributed by atoms with van der Waals surface area (Å²) in [7, 11) is 0. The second-order valence-electron chi connectivity index (χ2n) is 10.3.